The van der Waals surface area contributed by atoms with Crippen molar-refractivity contribution in [3.05, 3.63) is 140 Å². The predicted molar refractivity (Wildman–Crippen MR) is 179 cm³/mol. The van der Waals surface area contributed by atoms with E-state index in [0.717, 1.165) is 32.9 Å². The third-order valence-electron chi connectivity index (χ3n) is 8.43. The van der Waals surface area contributed by atoms with E-state index in [1.165, 1.54) is 37.9 Å². The summed E-state index contributed by atoms with van der Waals surface area (Å²) in [5.74, 6) is 0. The summed E-state index contributed by atoms with van der Waals surface area (Å²) in [6, 6.07) is 45.6. The molecule has 4 heterocycles. The number of hydrogen-bond donors (Lipinski definition) is 0. The minimum absolute atomic E-state index is 0.978. The summed E-state index contributed by atoms with van der Waals surface area (Å²) < 4.78 is 4.89. The molecule has 6 heteroatoms. The van der Waals surface area contributed by atoms with Gasteiger partial charge >= 0.3 is 250 Å². The molecule has 0 aliphatic heterocycles. The fourth-order valence-corrected chi connectivity index (χ4v) is 12.3. The molecule has 0 radical (unpaired) electrons. The molecule has 198 valence electrons. The number of para-hydroxylation sites is 4. The van der Waals surface area contributed by atoms with Crippen LogP contribution in [0.1, 0.15) is 0 Å². The van der Waals surface area contributed by atoms with E-state index >= 15 is 0 Å². The summed E-state index contributed by atoms with van der Waals surface area (Å²) in [5, 5.41) is 8.44. The summed E-state index contributed by atoms with van der Waals surface area (Å²) in [6.45, 7) is 0. The van der Waals surface area contributed by atoms with E-state index in [9.17, 15) is 0 Å². The molecule has 0 fully saturated rings. The van der Waals surface area contributed by atoms with Gasteiger partial charge in [0.05, 0.1) is 0 Å². The van der Waals surface area contributed by atoms with Gasteiger partial charge in [-0.3, -0.25) is 0 Å². The molecule has 0 saturated carbocycles. The Balaban J connectivity index is 1.50. The van der Waals surface area contributed by atoms with Gasteiger partial charge < -0.3 is 0 Å². The second kappa shape index (κ2) is 8.98. The van der Waals surface area contributed by atoms with E-state index in [2.05, 4.69) is 150 Å². The molecule has 9 rings (SSSR count). The molecular weight excluding hydrogens is 598 g/mol. The van der Waals surface area contributed by atoms with Crippen LogP contribution in [-0.2, 0) is 0 Å². The number of rotatable bonds is 3. The first-order valence-electron chi connectivity index (χ1n) is 14.0. The van der Waals surface area contributed by atoms with Crippen LogP contribution in [0.4, 0.5) is 0 Å². The zero-order valence-electron chi connectivity index (χ0n) is 22.4. The van der Waals surface area contributed by atoms with Gasteiger partial charge in [0.15, 0.2) is 0 Å². The van der Waals surface area contributed by atoms with E-state index in [1.54, 1.807) is 0 Å². The molecule has 1 unspecified atom stereocenters. The standard InChI is InChI=1S/C36H23N4PSe/c42-41(24-11-10-22-37-23-24,40-31-18-7-4-14-27(31)28-15-5-8-19-32(28)40)34-21-9-20-33-35(34)38-36-29-16-2-1-12-25(29)26-13-3-6-17-30(26)39(33)36/h1-23H. The van der Waals surface area contributed by atoms with Gasteiger partial charge in [-0.2, -0.15) is 0 Å². The summed E-state index contributed by atoms with van der Waals surface area (Å²) >= 11 is 3.81. The van der Waals surface area contributed by atoms with E-state index in [1.807, 2.05) is 18.5 Å². The average Bonchev–Trinajstić information content (AvgIpc) is 3.62. The van der Waals surface area contributed by atoms with Gasteiger partial charge in [-0.25, -0.2) is 0 Å². The Bertz CT molecular complexity index is 2510. The molecule has 0 spiro atoms. The molecular formula is C36H23N4PSe. The first-order valence-corrected chi connectivity index (χ1v) is 17.9. The molecule has 9 aromatic rings. The van der Waals surface area contributed by atoms with E-state index < -0.39 is 5.66 Å². The summed E-state index contributed by atoms with van der Waals surface area (Å²) in [4.78, 5) is 10.1. The SMILES string of the molecule is [Se]=P(c1cccnc1)(c1cccc2c1nc1c3ccccc3c3ccccc3n21)n1c2ccccc2c2ccccc21. The maximum absolute atomic E-state index is 5.49. The third kappa shape index (κ3) is 3.16. The molecule has 1 atom stereocenters. The molecule has 5 aromatic carbocycles. The van der Waals surface area contributed by atoms with Crippen LogP contribution in [0.5, 0.6) is 0 Å². The summed E-state index contributed by atoms with van der Waals surface area (Å²) in [5.41, 5.74) is 4.22. The van der Waals surface area contributed by atoms with Crippen LogP contribution in [-0.4, -0.2) is 33.8 Å². The van der Waals surface area contributed by atoms with Crippen LogP contribution < -0.4 is 10.6 Å². The molecule has 0 aliphatic carbocycles. The van der Waals surface area contributed by atoms with Crippen molar-refractivity contribution in [1.82, 2.24) is 18.7 Å². The van der Waals surface area contributed by atoms with E-state index in [4.69, 9.17) is 4.98 Å². The maximum atomic E-state index is 5.49. The van der Waals surface area contributed by atoms with E-state index in [0.29, 0.717) is 0 Å². The molecule has 4 nitrogen and oxygen atoms in total. The van der Waals surface area contributed by atoms with Gasteiger partial charge in [-0.05, 0) is 0 Å². The van der Waals surface area contributed by atoms with Gasteiger partial charge in [0.2, 0.25) is 0 Å². The van der Waals surface area contributed by atoms with Crippen LogP contribution in [0, 0.1) is 0 Å². The second-order valence-electron chi connectivity index (χ2n) is 10.6. The number of hydrogen-bond acceptors (Lipinski definition) is 2. The molecule has 0 saturated heterocycles. The first kappa shape index (κ1) is 24.1. The third-order valence-corrected chi connectivity index (χ3v) is 15.0. The number of pyridine rings is 2. The topological polar surface area (TPSA) is 35.1 Å². The first-order chi connectivity index (χ1) is 20.7. The Kier molecular flexibility index (Phi) is 5.16. The van der Waals surface area contributed by atoms with Crippen LogP contribution in [0.25, 0.3) is 60.2 Å². The summed E-state index contributed by atoms with van der Waals surface area (Å²) in [6.07, 6.45) is 3.87. The van der Waals surface area contributed by atoms with Crippen molar-refractivity contribution in [2.75, 3.05) is 0 Å². The van der Waals surface area contributed by atoms with Crippen LogP contribution in [0.15, 0.2) is 140 Å². The van der Waals surface area contributed by atoms with Crippen LogP contribution >= 0.6 is 5.66 Å². The molecule has 4 aromatic heterocycles. The average molecular weight is 622 g/mol. The molecule has 0 aliphatic rings. The van der Waals surface area contributed by atoms with Crippen molar-refractivity contribution >= 4 is 91.5 Å². The van der Waals surface area contributed by atoms with Crippen molar-refractivity contribution in [3.63, 3.8) is 0 Å². The molecule has 0 amide bonds. The van der Waals surface area contributed by atoms with Gasteiger partial charge in [0.25, 0.3) is 0 Å². The Morgan fingerprint density at radius 3 is 1.76 bits per heavy atom. The molecule has 0 bridgehead atoms. The van der Waals surface area contributed by atoms with Crippen molar-refractivity contribution in [2.24, 2.45) is 0 Å². The zero-order valence-corrected chi connectivity index (χ0v) is 25.0. The van der Waals surface area contributed by atoms with E-state index in [-0.39, 0.29) is 0 Å². The molecule has 42 heavy (non-hydrogen) atoms. The van der Waals surface area contributed by atoms with Gasteiger partial charge in [0, 0.05) is 0 Å². The number of aromatic nitrogens is 4. The minimum atomic E-state index is -2.44. The Labute approximate surface area is 249 Å². The fourth-order valence-electron chi connectivity index (χ4n) is 6.66. The fraction of sp³-hybridized carbons (Fsp3) is 0. The van der Waals surface area contributed by atoms with Crippen molar-refractivity contribution in [3.8, 4) is 0 Å². The van der Waals surface area contributed by atoms with Gasteiger partial charge in [-0.1, -0.05) is 0 Å². The molecule has 0 N–H and O–H groups in total. The van der Waals surface area contributed by atoms with Crippen LogP contribution in [0.3, 0.4) is 0 Å². The van der Waals surface area contributed by atoms with Crippen molar-refractivity contribution in [2.45, 2.75) is 0 Å². The van der Waals surface area contributed by atoms with Gasteiger partial charge in [0.1, 0.15) is 0 Å². The monoisotopic (exact) mass is 622 g/mol. The zero-order chi connectivity index (χ0) is 27.8. The predicted octanol–water partition coefficient (Wildman–Crippen LogP) is 7.81. The number of fused-ring (bicyclic) bond motifs is 11. The van der Waals surface area contributed by atoms with Crippen molar-refractivity contribution in [1.29, 1.82) is 0 Å². The Morgan fingerprint density at radius 1 is 0.524 bits per heavy atom. The second-order valence-corrected chi connectivity index (χ2v) is 16.5. The number of nitrogens with zero attached hydrogens (tertiary/aromatic N) is 4. The normalized spacial score (nSPS) is 13.5. The Morgan fingerprint density at radius 2 is 1.10 bits per heavy atom. The van der Waals surface area contributed by atoms with Crippen molar-refractivity contribution < 1.29 is 0 Å². The number of benzene rings is 5. The van der Waals surface area contributed by atoms with Gasteiger partial charge in [-0.15, -0.1) is 0 Å². The number of imidazole rings is 1. The van der Waals surface area contributed by atoms with Crippen LogP contribution in [0.2, 0.25) is 0 Å². The quantitative estimate of drug-likeness (QED) is 0.115. The summed E-state index contributed by atoms with van der Waals surface area (Å²) in [7, 11) is 0. The Hall–Kier alpha value is -4.53.